The van der Waals surface area contributed by atoms with Gasteiger partial charge < -0.3 is 10.3 Å². The molecule has 0 saturated carbocycles. The number of amides is 1. The Bertz CT molecular complexity index is 1190. The van der Waals surface area contributed by atoms with Crippen molar-refractivity contribution in [2.45, 2.75) is 13.8 Å². The van der Waals surface area contributed by atoms with E-state index in [-0.39, 0.29) is 11.6 Å². The second kappa shape index (κ2) is 7.20. The summed E-state index contributed by atoms with van der Waals surface area (Å²) >= 11 is 0. The molecule has 1 amide bonds. The number of aryl methyl sites for hydroxylation is 2. The van der Waals surface area contributed by atoms with Gasteiger partial charge in [-0.15, -0.1) is 0 Å². The molecule has 0 unspecified atom stereocenters. The number of H-pyrrole nitrogens is 1. The van der Waals surface area contributed by atoms with Gasteiger partial charge in [0.2, 0.25) is 0 Å². The number of anilines is 1. The molecule has 0 fully saturated rings. The molecule has 0 spiro atoms. The molecule has 7 nitrogen and oxygen atoms in total. The van der Waals surface area contributed by atoms with Crippen LogP contribution < -0.4 is 5.32 Å². The molecule has 2 N–H and O–H groups in total. The number of carbonyl (C=O) groups is 1. The molecule has 0 aliphatic heterocycles. The van der Waals surface area contributed by atoms with Crippen LogP contribution >= 0.6 is 0 Å². The van der Waals surface area contributed by atoms with Crippen LogP contribution in [0.1, 0.15) is 21.5 Å². The minimum atomic E-state index is -0.499. The molecular formula is C22H18N4O3. The van der Waals surface area contributed by atoms with Gasteiger partial charge in [0.05, 0.1) is 16.0 Å². The second-order valence-corrected chi connectivity index (χ2v) is 6.87. The molecule has 1 heterocycles. The van der Waals surface area contributed by atoms with Gasteiger partial charge in [-0.2, -0.15) is 0 Å². The van der Waals surface area contributed by atoms with Crippen molar-refractivity contribution in [3.8, 4) is 11.4 Å². The van der Waals surface area contributed by atoms with E-state index >= 15 is 0 Å². The van der Waals surface area contributed by atoms with Crippen molar-refractivity contribution in [1.29, 1.82) is 0 Å². The topological polar surface area (TPSA) is 101 Å². The summed E-state index contributed by atoms with van der Waals surface area (Å²) in [7, 11) is 0. The molecule has 3 aromatic carbocycles. The average molecular weight is 386 g/mol. The lowest BCUT2D eigenvalue weighted by atomic mass is 10.1. The van der Waals surface area contributed by atoms with Crippen LogP contribution in [0.4, 0.5) is 11.4 Å². The van der Waals surface area contributed by atoms with E-state index in [1.54, 1.807) is 12.1 Å². The van der Waals surface area contributed by atoms with Crippen LogP contribution in [0, 0.1) is 24.0 Å². The highest BCUT2D eigenvalue weighted by Crippen LogP contribution is 2.24. The van der Waals surface area contributed by atoms with Crippen molar-refractivity contribution >= 4 is 28.3 Å². The molecule has 29 heavy (non-hydrogen) atoms. The average Bonchev–Trinajstić information content (AvgIpc) is 3.11. The maximum absolute atomic E-state index is 12.3. The number of imidazole rings is 1. The van der Waals surface area contributed by atoms with Crippen LogP contribution in [0.15, 0.2) is 60.7 Å². The zero-order valence-corrected chi connectivity index (χ0v) is 15.9. The molecule has 4 aromatic rings. The maximum Gasteiger partial charge on any atom is 0.269 e. The van der Waals surface area contributed by atoms with Gasteiger partial charge in [-0.25, -0.2) is 4.98 Å². The molecule has 0 aliphatic rings. The number of nitrogens with one attached hydrogen (secondary N) is 2. The van der Waals surface area contributed by atoms with E-state index in [0.29, 0.717) is 11.3 Å². The van der Waals surface area contributed by atoms with Crippen molar-refractivity contribution in [1.82, 2.24) is 9.97 Å². The first-order valence-electron chi connectivity index (χ1n) is 9.04. The predicted octanol–water partition coefficient (Wildman–Crippen LogP) is 5.01. The Balaban J connectivity index is 1.52. The number of rotatable bonds is 4. The molecule has 7 heteroatoms. The summed E-state index contributed by atoms with van der Waals surface area (Å²) in [6, 6.07) is 17.0. The van der Waals surface area contributed by atoms with Gasteiger partial charge in [0.15, 0.2) is 0 Å². The van der Waals surface area contributed by atoms with E-state index < -0.39 is 4.92 Å². The van der Waals surface area contributed by atoms with Crippen molar-refractivity contribution in [3.63, 3.8) is 0 Å². The van der Waals surface area contributed by atoms with Gasteiger partial charge in [0.25, 0.3) is 11.6 Å². The number of nitrogens with zero attached hydrogens (tertiary/aromatic N) is 2. The van der Waals surface area contributed by atoms with Crippen LogP contribution in [0.5, 0.6) is 0 Å². The van der Waals surface area contributed by atoms with Gasteiger partial charge in [0, 0.05) is 28.9 Å². The Morgan fingerprint density at radius 2 is 1.66 bits per heavy atom. The number of nitro benzene ring substituents is 1. The fraction of sp³-hybridized carbons (Fsp3) is 0.0909. The van der Waals surface area contributed by atoms with E-state index in [4.69, 9.17) is 0 Å². The van der Waals surface area contributed by atoms with Crippen molar-refractivity contribution in [2.75, 3.05) is 5.32 Å². The van der Waals surface area contributed by atoms with Crippen LogP contribution in [0.3, 0.4) is 0 Å². The van der Waals surface area contributed by atoms with Gasteiger partial charge in [0.1, 0.15) is 5.82 Å². The van der Waals surface area contributed by atoms with E-state index in [2.05, 4.69) is 41.3 Å². The fourth-order valence-corrected chi connectivity index (χ4v) is 3.06. The first-order chi connectivity index (χ1) is 13.9. The normalized spacial score (nSPS) is 10.8. The number of aromatic amines is 1. The molecular weight excluding hydrogens is 368 g/mol. The molecule has 0 aliphatic carbocycles. The first kappa shape index (κ1) is 18.4. The maximum atomic E-state index is 12.3. The van der Waals surface area contributed by atoms with Gasteiger partial charge in [-0.3, -0.25) is 14.9 Å². The zero-order valence-electron chi connectivity index (χ0n) is 15.9. The van der Waals surface area contributed by atoms with E-state index in [1.165, 1.54) is 35.4 Å². The molecule has 1 aromatic heterocycles. The summed E-state index contributed by atoms with van der Waals surface area (Å²) < 4.78 is 0. The third kappa shape index (κ3) is 3.70. The number of hydrogen-bond donors (Lipinski definition) is 2. The van der Waals surface area contributed by atoms with Crippen LogP contribution in [0.2, 0.25) is 0 Å². The summed E-state index contributed by atoms with van der Waals surface area (Å²) in [6.45, 7) is 4.13. The van der Waals surface area contributed by atoms with Crippen molar-refractivity contribution < 1.29 is 9.72 Å². The van der Waals surface area contributed by atoms with Crippen LogP contribution in [0.25, 0.3) is 22.4 Å². The summed E-state index contributed by atoms with van der Waals surface area (Å²) in [4.78, 5) is 30.5. The smallest absolute Gasteiger partial charge is 0.269 e. The Morgan fingerprint density at radius 3 is 2.31 bits per heavy atom. The third-order valence-corrected chi connectivity index (χ3v) is 4.85. The number of benzene rings is 3. The molecule has 144 valence electrons. The Kier molecular flexibility index (Phi) is 4.56. The summed E-state index contributed by atoms with van der Waals surface area (Å²) in [5, 5.41) is 13.5. The Morgan fingerprint density at radius 1 is 1.00 bits per heavy atom. The number of non-ortho nitro benzene ring substituents is 1. The lowest BCUT2D eigenvalue weighted by molar-refractivity contribution is -0.384. The minimum Gasteiger partial charge on any atom is -0.338 e. The standard InChI is InChI=1S/C22H18N4O3/c1-13-11-19-20(12-14(13)2)25-21(24-19)15-3-7-17(8-4-15)23-22(27)16-5-9-18(10-6-16)26(28)29/h3-12H,1-2H3,(H,23,27)(H,24,25). The number of aromatic nitrogens is 2. The summed E-state index contributed by atoms with van der Waals surface area (Å²) in [5.74, 6) is 0.431. The van der Waals surface area contributed by atoms with Crippen molar-refractivity contribution in [2.24, 2.45) is 0 Å². The Labute approximate surface area is 166 Å². The molecule has 0 saturated heterocycles. The second-order valence-electron chi connectivity index (χ2n) is 6.87. The van der Waals surface area contributed by atoms with Gasteiger partial charge in [-0.1, -0.05) is 0 Å². The highest BCUT2D eigenvalue weighted by Gasteiger charge is 2.11. The minimum absolute atomic E-state index is 0.0536. The van der Waals surface area contributed by atoms with Gasteiger partial charge in [-0.05, 0) is 73.5 Å². The summed E-state index contributed by atoms with van der Waals surface area (Å²) in [5.41, 5.74) is 6.13. The van der Waals surface area contributed by atoms with Gasteiger partial charge >= 0.3 is 0 Å². The molecule has 0 bridgehead atoms. The lowest BCUT2D eigenvalue weighted by Crippen LogP contribution is -2.11. The van der Waals surface area contributed by atoms with E-state index in [9.17, 15) is 14.9 Å². The van der Waals surface area contributed by atoms with E-state index in [0.717, 1.165) is 22.4 Å². The monoisotopic (exact) mass is 386 g/mol. The third-order valence-electron chi connectivity index (χ3n) is 4.85. The quantitative estimate of drug-likeness (QED) is 0.380. The predicted molar refractivity (Wildman–Crippen MR) is 112 cm³/mol. The zero-order chi connectivity index (χ0) is 20.5. The number of hydrogen-bond acceptors (Lipinski definition) is 4. The first-order valence-corrected chi connectivity index (χ1v) is 9.04. The van der Waals surface area contributed by atoms with Crippen LogP contribution in [-0.4, -0.2) is 20.8 Å². The lowest BCUT2D eigenvalue weighted by Gasteiger charge is -2.06. The number of nitro groups is 1. The molecule has 4 rings (SSSR count). The largest absolute Gasteiger partial charge is 0.338 e. The fourth-order valence-electron chi connectivity index (χ4n) is 3.06. The highest BCUT2D eigenvalue weighted by atomic mass is 16.6. The van der Waals surface area contributed by atoms with E-state index in [1.807, 2.05) is 12.1 Å². The molecule has 0 atom stereocenters. The highest BCUT2D eigenvalue weighted by molar-refractivity contribution is 6.04. The SMILES string of the molecule is Cc1cc2nc(-c3ccc(NC(=O)c4ccc([N+](=O)[O-])cc4)cc3)[nH]c2cc1C. The number of fused-ring (bicyclic) bond motifs is 1. The van der Waals surface area contributed by atoms with Crippen molar-refractivity contribution in [3.05, 3.63) is 87.5 Å². The van der Waals surface area contributed by atoms with Crippen LogP contribution in [-0.2, 0) is 0 Å². The Hall–Kier alpha value is -4.00. The summed E-state index contributed by atoms with van der Waals surface area (Å²) in [6.07, 6.45) is 0. The molecule has 0 radical (unpaired) electrons. The number of carbonyl (C=O) groups excluding carboxylic acids is 1.